The molecule has 1 fully saturated rings. The lowest BCUT2D eigenvalue weighted by Gasteiger charge is -2.34. The quantitative estimate of drug-likeness (QED) is 0.877. The lowest BCUT2D eigenvalue weighted by Crippen LogP contribution is -2.34. The number of hydrogen-bond donors (Lipinski definition) is 1. The van der Waals surface area contributed by atoms with E-state index in [1.807, 2.05) is 0 Å². The van der Waals surface area contributed by atoms with Gasteiger partial charge in [-0.25, -0.2) is 0 Å². The predicted octanol–water partition coefficient (Wildman–Crippen LogP) is 3.55. The van der Waals surface area contributed by atoms with Crippen molar-refractivity contribution in [1.29, 1.82) is 0 Å². The molecule has 0 saturated heterocycles. The Hall–Kier alpha value is -0.860. The van der Waals surface area contributed by atoms with Gasteiger partial charge in [-0.1, -0.05) is 37.6 Å². The van der Waals surface area contributed by atoms with Crippen molar-refractivity contribution in [3.63, 3.8) is 0 Å². The lowest BCUT2D eigenvalue weighted by atomic mass is 9.84. The molecule has 2 nitrogen and oxygen atoms in total. The summed E-state index contributed by atoms with van der Waals surface area (Å²) in [5, 5.41) is 0. The third kappa shape index (κ3) is 4.05. The van der Waals surface area contributed by atoms with Crippen molar-refractivity contribution < 1.29 is 0 Å². The second-order valence-electron chi connectivity index (χ2n) is 6.02. The van der Waals surface area contributed by atoms with Crippen LogP contribution in [0.2, 0.25) is 0 Å². The molecular weight excluding hydrogens is 232 g/mol. The maximum absolute atomic E-state index is 5.71. The Balaban J connectivity index is 1.88. The van der Waals surface area contributed by atoms with Crippen LogP contribution in [-0.2, 0) is 13.1 Å². The summed E-state index contributed by atoms with van der Waals surface area (Å²) >= 11 is 0. The van der Waals surface area contributed by atoms with Gasteiger partial charge in [-0.2, -0.15) is 0 Å². The molecule has 2 N–H and O–H groups in total. The molecule has 0 unspecified atom stereocenters. The molecule has 0 bridgehead atoms. The fourth-order valence-corrected chi connectivity index (χ4v) is 3.27. The molecule has 1 saturated carbocycles. The molecule has 0 aromatic heterocycles. The van der Waals surface area contributed by atoms with Gasteiger partial charge in [0.2, 0.25) is 0 Å². The molecule has 0 aliphatic heterocycles. The number of nitrogens with two attached hydrogens (primary N) is 1. The first kappa shape index (κ1) is 14.5. The van der Waals surface area contributed by atoms with E-state index in [4.69, 9.17) is 5.73 Å². The van der Waals surface area contributed by atoms with E-state index in [1.165, 1.54) is 43.2 Å². The van der Waals surface area contributed by atoms with Crippen LogP contribution < -0.4 is 5.73 Å². The van der Waals surface area contributed by atoms with Gasteiger partial charge in [-0.05, 0) is 49.8 Å². The fourth-order valence-electron chi connectivity index (χ4n) is 3.27. The molecule has 19 heavy (non-hydrogen) atoms. The first-order valence-corrected chi connectivity index (χ1v) is 7.71. The smallest absolute Gasteiger partial charge is 0.0233 e. The Kier molecular flexibility index (Phi) is 5.41. The highest BCUT2D eigenvalue weighted by Gasteiger charge is 2.22. The van der Waals surface area contributed by atoms with Crippen molar-refractivity contribution in [1.82, 2.24) is 4.90 Å². The van der Waals surface area contributed by atoms with E-state index in [0.717, 1.165) is 18.5 Å². The Morgan fingerprint density at radius 3 is 2.47 bits per heavy atom. The van der Waals surface area contributed by atoms with Crippen LogP contribution in [0.5, 0.6) is 0 Å². The molecular formula is C17H28N2. The maximum Gasteiger partial charge on any atom is 0.0233 e. The van der Waals surface area contributed by atoms with Gasteiger partial charge in [0.15, 0.2) is 0 Å². The van der Waals surface area contributed by atoms with Gasteiger partial charge >= 0.3 is 0 Å². The van der Waals surface area contributed by atoms with Gasteiger partial charge in [0, 0.05) is 19.1 Å². The molecule has 0 heterocycles. The first-order chi connectivity index (χ1) is 9.22. The molecule has 2 heteroatoms. The van der Waals surface area contributed by atoms with Crippen LogP contribution in [0.4, 0.5) is 0 Å². The summed E-state index contributed by atoms with van der Waals surface area (Å²) in [6, 6.07) is 9.46. The van der Waals surface area contributed by atoms with Crippen molar-refractivity contribution in [2.24, 2.45) is 11.7 Å². The van der Waals surface area contributed by atoms with E-state index in [-0.39, 0.29) is 0 Å². The zero-order valence-corrected chi connectivity index (χ0v) is 12.4. The summed E-state index contributed by atoms with van der Waals surface area (Å²) in [4.78, 5) is 2.53. The average Bonchev–Trinajstić information content (AvgIpc) is 2.47. The van der Waals surface area contributed by atoms with Gasteiger partial charge < -0.3 is 5.73 Å². The Labute approximate surface area is 118 Å². The van der Waals surface area contributed by atoms with Crippen LogP contribution in [0, 0.1) is 5.92 Å². The molecule has 1 aliphatic rings. The fraction of sp³-hybridized carbons (Fsp3) is 0.647. The molecule has 2 rings (SSSR count). The normalized spacial score (nSPS) is 23.8. The summed E-state index contributed by atoms with van der Waals surface area (Å²) in [5.74, 6) is 0.977. The molecule has 0 amide bonds. The SMILES string of the molecule is CCC1CCC(N(C)Cc2cccc(CN)c2)CC1. The summed E-state index contributed by atoms with van der Waals surface area (Å²) in [6.07, 6.45) is 6.91. The van der Waals surface area contributed by atoms with Crippen LogP contribution in [0.1, 0.15) is 50.2 Å². The third-order valence-corrected chi connectivity index (χ3v) is 4.68. The van der Waals surface area contributed by atoms with Crippen LogP contribution in [-0.4, -0.2) is 18.0 Å². The van der Waals surface area contributed by atoms with Crippen molar-refractivity contribution in [2.75, 3.05) is 7.05 Å². The van der Waals surface area contributed by atoms with Gasteiger partial charge in [-0.3, -0.25) is 4.90 Å². The standard InChI is InChI=1S/C17H28N2/c1-3-14-7-9-17(10-8-14)19(2)13-16-6-4-5-15(11-16)12-18/h4-6,11,14,17H,3,7-10,12-13,18H2,1-2H3. The van der Waals surface area contributed by atoms with Crippen molar-refractivity contribution in [3.8, 4) is 0 Å². The minimum atomic E-state index is 0.638. The van der Waals surface area contributed by atoms with Gasteiger partial charge in [0.25, 0.3) is 0 Å². The minimum absolute atomic E-state index is 0.638. The Bertz CT molecular complexity index is 381. The zero-order chi connectivity index (χ0) is 13.7. The first-order valence-electron chi connectivity index (χ1n) is 7.71. The second kappa shape index (κ2) is 7.06. The summed E-state index contributed by atoms with van der Waals surface area (Å²) in [5.41, 5.74) is 8.34. The highest BCUT2D eigenvalue weighted by Crippen LogP contribution is 2.29. The summed E-state index contributed by atoms with van der Waals surface area (Å²) in [7, 11) is 2.27. The third-order valence-electron chi connectivity index (χ3n) is 4.68. The molecule has 1 aliphatic carbocycles. The van der Waals surface area contributed by atoms with E-state index in [9.17, 15) is 0 Å². The molecule has 0 atom stereocenters. The number of rotatable bonds is 5. The topological polar surface area (TPSA) is 29.3 Å². The number of hydrogen-bond acceptors (Lipinski definition) is 2. The second-order valence-corrected chi connectivity index (χ2v) is 6.02. The van der Waals surface area contributed by atoms with E-state index < -0.39 is 0 Å². The molecule has 106 valence electrons. The number of nitrogens with zero attached hydrogens (tertiary/aromatic N) is 1. The summed E-state index contributed by atoms with van der Waals surface area (Å²) in [6.45, 7) is 4.02. The van der Waals surface area contributed by atoms with Crippen molar-refractivity contribution in [3.05, 3.63) is 35.4 Å². The lowest BCUT2D eigenvalue weighted by molar-refractivity contribution is 0.157. The van der Waals surface area contributed by atoms with E-state index in [1.54, 1.807) is 0 Å². The molecule has 1 aromatic carbocycles. The van der Waals surface area contributed by atoms with Gasteiger partial charge in [0.05, 0.1) is 0 Å². The average molecular weight is 260 g/mol. The number of benzene rings is 1. The monoisotopic (exact) mass is 260 g/mol. The summed E-state index contributed by atoms with van der Waals surface area (Å²) < 4.78 is 0. The minimum Gasteiger partial charge on any atom is -0.326 e. The predicted molar refractivity (Wildman–Crippen MR) is 81.8 cm³/mol. The van der Waals surface area contributed by atoms with Crippen molar-refractivity contribution >= 4 is 0 Å². The van der Waals surface area contributed by atoms with E-state index >= 15 is 0 Å². The van der Waals surface area contributed by atoms with Crippen LogP contribution in [0.3, 0.4) is 0 Å². The largest absolute Gasteiger partial charge is 0.326 e. The van der Waals surface area contributed by atoms with E-state index in [0.29, 0.717) is 6.54 Å². The highest BCUT2D eigenvalue weighted by molar-refractivity contribution is 5.23. The zero-order valence-electron chi connectivity index (χ0n) is 12.4. The van der Waals surface area contributed by atoms with E-state index in [2.05, 4.69) is 43.1 Å². The molecule has 1 aromatic rings. The highest BCUT2D eigenvalue weighted by atomic mass is 15.1. The Morgan fingerprint density at radius 2 is 1.84 bits per heavy atom. The van der Waals surface area contributed by atoms with Gasteiger partial charge in [-0.15, -0.1) is 0 Å². The Morgan fingerprint density at radius 1 is 1.16 bits per heavy atom. The molecule has 0 spiro atoms. The van der Waals surface area contributed by atoms with Crippen molar-refractivity contribution in [2.45, 2.75) is 58.2 Å². The maximum atomic E-state index is 5.71. The molecule has 0 radical (unpaired) electrons. The van der Waals surface area contributed by atoms with Crippen LogP contribution >= 0.6 is 0 Å². The van der Waals surface area contributed by atoms with Crippen LogP contribution in [0.25, 0.3) is 0 Å². The van der Waals surface area contributed by atoms with Crippen LogP contribution in [0.15, 0.2) is 24.3 Å². The van der Waals surface area contributed by atoms with Gasteiger partial charge in [0.1, 0.15) is 0 Å².